The van der Waals surface area contributed by atoms with Crippen LogP contribution in [0.4, 0.5) is 0 Å². The van der Waals surface area contributed by atoms with E-state index in [0.717, 1.165) is 30.8 Å². The lowest BCUT2D eigenvalue weighted by Crippen LogP contribution is -1.98. The van der Waals surface area contributed by atoms with Gasteiger partial charge in [0, 0.05) is 0 Å². The number of hydrogen-bond donors (Lipinski definition) is 1. The van der Waals surface area contributed by atoms with E-state index in [1.54, 1.807) is 6.07 Å². The quantitative estimate of drug-likeness (QED) is 0.436. The predicted molar refractivity (Wildman–Crippen MR) is 94.8 cm³/mol. The van der Waals surface area contributed by atoms with Gasteiger partial charge in [-0.15, -0.1) is 0 Å². The van der Waals surface area contributed by atoms with Crippen LogP contribution in [-0.2, 0) is 6.42 Å². The molecule has 0 saturated heterocycles. The highest BCUT2D eigenvalue weighted by Gasteiger charge is 2.01. The van der Waals surface area contributed by atoms with Crippen molar-refractivity contribution in [3.63, 3.8) is 0 Å². The van der Waals surface area contributed by atoms with Crippen LogP contribution in [0.3, 0.4) is 0 Å². The second-order valence-electron chi connectivity index (χ2n) is 6.17. The molecule has 0 aliphatic carbocycles. The topological polar surface area (TPSA) is 29.5 Å². The minimum Gasteiger partial charge on any atom is -0.508 e. The molecule has 0 unspecified atom stereocenters. The van der Waals surface area contributed by atoms with E-state index >= 15 is 0 Å². The lowest BCUT2D eigenvalue weighted by atomic mass is 10.1. The van der Waals surface area contributed by atoms with Gasteiger partial charge >= 0.3 is 0 Å². The number of unbranched alkanes of at least 4 members (excludes halogenated alkanes) is 9. The molecule has 2 nitrogen and oxygen atoms in total. The molecule has 0 atom stereocenters. The van der Waals surface area contributed by atoms with Gasteiger partial charge in [-0.05, 0) is 36.6 Å². The van der Waals surface area contributed by atoms with Crippen LogP contribution in [0.2, 0.25) is 0 Å². The molecule has 126 valence electrons. The summed E-state index contributed by atoms with van der Waals surface area (Å²) in [6, 6.07) is 5.53. The first-order valence-corrected chi connectivity index (χ1v) is 9.22. The average molecular weight is 306 g/mol. The van der Waals surface area contributed by atoms with E-state index in [9.17, 15) is 5.11 Å². The van der Waals surface area contributed by atoms with E-state index in [1.807, 2.05) is 19.1 Å². The zero-order valence-corrected chi connectivity index (χ0v) is 14.6. The van der Waals surface area contributed by atoms with Crippen molar-refractivity contribution in [3.05, 3.63) is 23.8 Å². The zero-order valence-electron chi connectivity index (χ0n) is 14.6. The van der Waals surface area contributed by atoms with Crippen molar-refractivity contribution >= 4 is 0 Å². The SMILES string of the molecule is CCCCCCCCCCCCOc1ccc(O)c(CC)c1. The molecule has 0 spiro atoms. The van der Waals surface area contributed by atoms with E-state index < -0.39 is 0 Å². The number of benzene rings is 1. The summed E-state index contributed by atoms with van der Waals surface area (Å²) < 4.78 is 5.76. The summed E-state index contributed by atoms with van der Waals surface area (Å²) in [4.78, 5) is 0. The second kappa shape index (κ2) is 12.4. The Morgan fingerprint density at radius 1 is 0.818 bits per heavy atom. The van der Waals surface area contributed by atoms with Crippen molar-refractivity contribution in [2.75, 3.05) is 6.61 Å². The first kappa shape index (κ1) is 18.9. The number of phenols is 1. The van der Waals surface area contributed by atoms with Crippen LogP contribution in [0.5, 0.6) is 11.5 Å². The first-order valence-electron chi connectivity index (χ1n) is 9.22. The van der Waals surface area contributed by atoms with Crippen LogP contribution in [0.15, 0.2) is 18.2 Å². The summed E-state index contributed by atoms with van der Waals surface area (Å²) in [5.74, 6) is 1.25. The van der Waals surface area contributed by atoms with Crippen molar-refractivity contribution < 1.29 is 9.84 Å². The smallest absolute Gasteiger partial charge is 0.119 e. The third-order valence-electron chi connectivity index (χ3n) is 4.20. The van der Waals surface area contributed by atoms with Gasteiger partial charge in [0.1, 0.15) is 11.5 Å². The van der Waals surface area contributed by atoms with Crippen molar-refractivity contribution in [3.8, 4) is 11.5 Å². The average Bonchev–Trinajstić information content (AvgIpc) is 2.54. The molecular weight excluding hydrogens is 272 g/mol. The largest absolute Gasteiger partial charge is 0.508 e. The van der Waals surface area contributed by atoms with Gasteiger partial charge in [-0.3, -0.25) is 0 Å². The minimum atomic E-state index is 0.369. The molecule has 0 fully saturated rings. The Bertz CT molecular complexity index is 387. The first-order chi connectivity index (χ1) is 10.8. The minimum absolute atomic E-state index is 0.369. The molecule has 1 aromatic rings. The molecule has 0 aliphatic rings. The number of aromatic hydroxyl groups is 1. The molecule has 22 heavy (non-hydrogen) atoms. The van der Waals surface area contributed by atoms with Gasteiger partial charge in [0.05, 0.1) is 6.61 Å². The Labute approximate surface area is 136 Å². The fourth-order valence-corrected chi connectivity index (χ4v) is 2.71. The van der Waals surface area contributed by atoms with Crippen molar-refractivity contribution in [2.24, 2.45) is 0 Å². The van der Waals surface area contributed by atoms with Crippen molar-refractivity contribution in [1.82, 2.24) is 0 Å². The molecule has 0 aliphatic heterocycles. The van der Waals surface area contributed by atoms with Gasteiger partial charge in [-0.25, -0.2) is 0 Å². The van der Waals surface area contributed by atoms with Crippen LogP contribution in [0.1, 0.15) is 83.6 Å². The fraction of sp³-hybridized carbons (Fsp3) is 0.700. The second-order valence-corrected chi connectivity index (χ2v) is 6.17. The maximum absolute atomic E-state index is 9.64. The molecule has 0 saturated carbocycles. The Hall–Kier alpha value is -1.18. The Morgan fingerprint density at radius 3 is 2.00 bits per heavy atom. The number of aryl methyl sites for hydroxylation is 1. The van der Waals surface area contributed by atoms with Crippen LogP contribution in [0, 0.1) is 0 Å². The monoisotopic (exact) mass is 306 g/mol. The normalized spacial score (nSPS) is 10.8. The molecule has 2 heteroatoms. The lowest BCUT2D eigenvalue weighted by molar-refractivity contribution is 0.303. The van der Waals surface area contributed by atoms with Gasteiger partial charge in [0.15, 0.2) is 0 Å². The summed E-state index contributed by atoms with van der Waals surface area (Å²) in [5, 5.41) is 9.64. The number of phenolic OH excluding ortho intramolecular Hbond substituents is 1. The Kier molecular flexibility index (Phi) is 10.6. The molecule has 0 amide bonds. The predicted octanol–water partition coefficient (Wildman–Crippen LogP) is 6.25. The summed E-state index contributed by atoms with van der Waals surface area (Å²) in [5.41, 5.74) is 0.959. The lowest BCUT2D eigenvalue weighted by Gasteiger charge is -2.08. The van der Waals surface area contributed by atoms with Crippen molar-refractivity contribution in [1.29, 1.82) is 0 Å². The van der Waals surface area contributed by atoms with Gasteiger partial charge in [-0.2, -0.15) is 0 Å². The highest BCUT2D eigenvalue weighted by atomic mass is 16.5. The summed E-state index contributed by atoms with van der Waals surface area (Å²) >= 11 is 0. The molecule has 0 radical (unpaired) electrons. The van der Waals surface area contributed by atoms with Crippen LogP contribution < -0.4 is 4.74 Å². The van der Waals surface area contributed by atoms with E-state index in [1.165, 1.54) is 57.8 Å². The fourth-order valence-electron chi connectivity index (χ4n) is 2.71. The van der Waals surface area contributed by atoms with E-state index in [0.29, 0.717) is 5.75 Å². The number of hydrogen-bond acceptors (Lipinski definition) is 2. The number of ether oxygens (including phenoxy) is 1. The Balaban J connectivity index is 1.97. The molecule has 1 N–H and O–H groups in total. The summed E-state index contributed by atoms with van der Waals surface area (Å²) in [6.07, 6.45) is 14.3. The third kappa shape index (κ3) is 8.31. The Morgan fingerprint density at radius 2 is 1.41 bits per heavy atom. The number of rotatable bonds is 13. The maximum atomic E-state index is 9.64. The van der Waals surface area contributed by atoms with Crippen LogP contribution in [-0.4, -0.2) is 11.7 Å². The summed E-state index contributed by atoms with van der Waals surface area (Å²) in [6.45, 7) is 5.09. The van der Waals surface area contributed by atoms with Gasteiger partial charge < -0.3 is 9.84 Å². The van der Waals surface area contributed by atoms with E-state index in [2.05, 4.69) is 6.92 Å². The summed E-state index contributed by atoms with van der Waals surface area (Å²) in [7, 11) is 0. The van der Waals surface area contributed by atoms with Gasteiger partial charge in [0.2, 0.25) is 0 Å². The van der Waals surface area contributed by atoms with Crippen molar-refractivity contribution in [2.45, 2.75) is 84.5 Å². The molecule has 0 bridgehead atoms. The van der Waals surface area contributed by atoms with E-state index in [-0.39, 0.29) is 0 Å². The van der Waals surface area contributed by atoms with E-state index in [4.69, 9.17) is 4.74 Å². The maximum Gasteiger partial charge on any atom is 0.119 e. The standard InChI is InChI=1S/C20H34O2/c1-3-5-6-7-8-9-10-11-12-13-16-22-19-14-15-20(21)18(4-2)17-19/h14-15,17,21H,3-13,16H2,1-2H3. The van der Waals surface area contributed by atoms with Gasteiger partial charge in [0.25, 0.3) is 0 Å². The molecular formula is C20H34O2. The van der Waals surface area contributed by atoms with Crippen LogP contribution >= 0.6 is 0 Å². The molecule has 1 aromatic carbocycles. The van der Waals surface area contributed by atoms with Crippen LogP contribution in [0.25, 0.3) is 0 Å². The molecule has 0 heterocycles. The third-order valence-corrected chi connectivity index (χ3v) is 4.20. The molecule has 1 rings (SSSR count). The van der Waals surface area contributed by atoms with Gasteiger partial charge in [-0.1, -0.05) is 71.6 Å². The molecule has 0 aromatic heterocycles. The highest BCUT2D eigenvalue weighted by Crippen LogP contribution is 2.23. The zero-order chi connectivity index (χ0) is 16.0. The highest BCUT2D eigenvalue weighted by molar-refractivity contribution is 5.39.